The van der Waals surface area contributed by atoms with Crippen LogP contribution in [0.4, 0.5) is 17.6 Å². The highest BCUT2D eigenvalue weighted by Gasteiger charge is 2.38. The third-order valence-electron chi connectivity index (χ3n) is 6.99. The Kier molecular flexibility index (Phi) is 8.11. The first kappa shape index (κ1) is 28.6. The van der Waals surface area contributed by atoms with Crippen LogP contribution in [-0.4, -0.2) is 39.7 Å². The van der Waals surface area contributed by atoms with Crippen molar-refractivity contribution in [1.82, 2.24) is 34.6 Å². The number of aliphatic hydroxyl groups is 1. The van der Waals surface area contributed by atoms with E-state index >= 15 is 0 Å². The minimum Gasteiger partial charge on any atom is -0.383 e. The highest BCUT2D eigenvalue weighted by molar-refractivity contribution is 5.51. The number of benzene rings is 3. The van der Waals surface area contributed by atoms with Crippen molar-refractivity contribution < 1.29 is 22.7 Å². The minimum atomic E-state index is -1.72. The van der Waals surface area contributed by atoms with Gasteiger partial charge >= 0.3 is 5.69 Å². The molecule has 5 rings (SSSR count). The first-order valence-corrected chi connectivity index (χ1v) is 12.9. The van der Waals surface area contributed by atoms with Gasteiger partial charge in [0, 0.05) is 23.3 Å². The lowest BCUT2D eigenvalue weighted by molar-refractivity contribution is -0.0379. The van der Waals surface area contributed by atoms with Crippen molar-refractivity contribution >= 4 is 6.08 Å². The van der Waals surface area contributed by atoms with E-state index in [4.69, 9.17) is 0 Å². The first-order chi connectivity index (χ1) is 20.1. The second-order valence-corrected chi connectivity index (χ2v) is 9.84. The van der Waals surface area contributed by atoms with E-state index in [2.05, 4.69) is 20.5 Å². The van der Waals surface area contributed by atoms with E-state index in [0.717, 1.165) is 39.2 Å². The Bertz CT molecular complexity index is 1770. The van der Waals surface area contributed by atoms with Crippen LogP contribution in [0.5, 0.6) is 0 Å². The van der Waals surface area contributed by atoms with E-state index in [-0.39, 0.29) is 24.2 Å². The van der Waals surface area contributed by atoms with Gasteiger partial charge in [-0.1, -0.05) is 43.3 Å². The van der Waals surface area contributed by atoms with Crippen LogP contribution in [0.15, 0.2) is 84.2 Å². The molecule has 0 aliphatic rings. The Morgan fingerprint density at radius 1 is 0.952 bits per heavy atom. The van der Waals surface area contributed by atoms with Crippen molar-refractivity contribution in [3.05, 3.63) is 130 Å². The molecule has 0 aliphatic carbocycles. The van der Waals surface area contributed by atoms with Crippen LogP contribution < -0.4 is 5.69 Å². The molecule has 0 unspecified atom stereocenters. The molecular formula is C29H25F4N7O2. The number of nitrogens with zero attached hydrogens (tertiary/aromatic N) is 7. The molecule has 0 radical (unpaired) electrons. The van der Waals surface area contributed by atoms with E-state index in [1.165, 1.54) is 29.5 Å². The predicted octanol–water partition coefficient (Wildman–Crippen LogP) is 4.25. The molecule has 0 fully saturated rings. The van der Waals surface area contributed by atoms with E-state index < -0.39 is 40.5 Å². The van der Waals surface area contributed by atoms with Crippen LogP contribution in [0.25, 0.3) is 11.8 Å². The number of allylic oxidation sites excluding steroid dienone is 1. The smallest absolute Gasteiger partial charge is 0.368 e. The third-order valence-corrected chi connectivity index (χ3v) is 6.99. The fraction of sp³-hybridized carbons (Fsp3) is 0.207. The molecular weight excluding hydrogens is 554 g/mol. The number of aromatic nitrogens is 7. The lowest BCUT2D eigenvalue weighted by atomic mass is 9.80. The molecule has 13 heteroatoms. The zero-order valence-electron chi connectivity index (χ0n) is 22.3. The molecule has 0 saturated carbocycles. The van der Waals surface area contributed by atoms with Gasteiger partial charge in [-0.2, -0.15) is 14.5 Å². The molecule has 0 saturated heterocycles. The summed E-state index contributed by atoms with van der Waals surface area (Å²) in [5, 5.41) is 23.3. The molecule has 0 bridgehead atoms. The molecule has 9 nitrogen and oxygen atoms in total. The largest absolute Gasteiger partial charge is 0.383 e. The Hall–Kier alpha value is -4.91. The monoisotopic (exact) mass is 579 g/mol. The second-order valence-electron chi connectivity index (χ2n) is 9.84. The summed E-state index contributed by atoms with van der Waals surface area (Å²) in [6.07, 6.45) is 6.65. The average Bonchev–Trinajstić information content (AvgIpc) is 3.60. The van der Waals surface area contributed by atoms with Gasteiger partial charge in [0.15, 0.2) is 0 Å². The maximum Gasteiger partial charge on any atom is 0.368 e. The highest BCUT2D eigenvalue weighted by Crippen LogP contribution is 2.35. The maximum absolute atomic E-state index is 14.7. The van der Waals surface area contributed by atoms with E-state index in [0.29, 0.717) is 12.1 Å². The number of hydrogen-bond donors (Lipinski definition) is 1. The summed E-state index contributed by atoms with van der Waals surface area (Å²) in [7, 11) is 0. The lowest BCUT2D eigenvalue weighted by Gasteiger charge is -2.34. The van der Waals surface area contributed by atoms with Gasteiger partial charge in [-0.3, -0.25) is 0 Å². The predicted molar refractivity (Wildman–Crippen MR) is 144 cm³/mol. The van der Waals surface area contributed by atoms with Gasteiger partial charge in [0.1, 0.15) is 41.5 Å². The van der Waals surface area contributed by atoms with Gasteiger partial charge in [-0.05, 0) is 52.6 Å². The molecule has 5 aromatic rings. The number of tetrazole rings is 1. The standard InChI is InChI=1S/C29H25F4N7O2/c1-19(29(42,16-38-18-34-17-35-38)25-12-9-23(31)14-27(25)33)3-2-4-20-5-10-24(11-6-20)40-28(41)39(36-37-40)15-21-7-8-22(30)13-26(21)32/h2,4-14,17-19,42H,3,15-16H2,1H3/b4-2+/t19-,29+/m0/s1. The molecule has 216 valence electrons. The van der Waals surface area contributed by atoms with Crippen molar-refractivity contribution in [3.8, 4) is 5.69 Å². The molecule has 3 aromatic carbocycles. The zero-order chi connectivity index (χ0) is 29.9. The van der Waals surface area contributed by atoms with Crippen molar-refractivity contribution in [1.29, 1.82) is 0 Å². The molecule has 1 N–H and O–H groups in total. The molecule has 2 aromatic heterocycles. The van der Waals surface area contributed by atoms with Gasteiger partial charge in [-0.25, -0.2) is 32.0 Å². The van der Waals surface area contributed by atoms with Crippen molar-refractivity contribution in [2.75, 3.05) is 0 Å². The summed E-state index contributed by atoms with van der Waals surface area (Å²) < 4.78 is 58.9. The second kappa shape index (κ2) is 11.9. The fourth-order valence-electron chi connectivity index (χ4n) is 4.58. The lowest BCUT2D eigenvalue weighted by Crippen LogP contribution is -2.39. The Balaban J connectivity index is 1.29. The van der Waals surface area contributed by atoms with E-state index in [1.54, 1.807) is 37.3 Å². The van der Waals surface area contributed by atoms with Gasteiger partial charge in [0.2, 0.25) is 0 Å². The normalized spacial score (nSPS) is 13.9. The summed E-state index contributed by atoms with van der Waals surface area (Å²) in [5.41, 5.74) is -1.09. The quantitative estimate of drug-likeness (QED) is 0.248. The van der Waals surface area contributed by atoms with Gasteiger partial charge in [0.25, 0.3) is 0 Å². The molecule has 0 spiro atoms. The van der Waals surface area contributed by atoms with Gasteiger partial charge < -0.3 is 5.11 Å². The van der Waals surface area contributed by atoms with Crippen molar-refractivity contribution in [2.24, 2.45) is 5.92 Å². The van der Waals surface area contributed by atoms with Gasteiger partial charge in [-0.15, -0.1) is 0 Å². The zero-order valence-corrected chi connectivity index (χ0v) is 22.3. The van der Waals surface area contributed by atoms with Crippen LogP contribution in [-0.2, 0) is 18.7 Å². The number of hydrogen-bond acceptors (Lipinski definition) is 6. The summed E-state index contributed by atoms with van der Waals surface area (Å²) in [6, 6.07) is 12.9. The average molecular weight is 580 g/mol. The topological polar surface area (TPSA) is 104 Å². The summed E-state index contributed by atoms with van der Waals surface area (Å²) in [4.78, 5) is 16.6. The van der Waals surface area contributed by atoms with Crippen LogP contribution in [0, 0.1) is 29.2 Å². The van der Waals surface area contributed by atoms with Crippen LogP contribution >= 0.6 is 0 Å². The first-order valence-electron chi connectivity index (χ1n) is 12.9. The molecule has 2 heterocycles. The number of rotatable bonds is 10. The Morgan fingerprint density at radius 2 is 1.67 bits per heavy atom. The van der Waals surface area contributed by atoms with Gasteiger partial charge in [0.05, 0.1) is 18.8 Å². The van der Waals surface area contributed by atoms with Crippen molar-refractivity contribution in [3.63, 3.8) is 0 Å². The molecule has 0 amide bonds. The molecule has 2 atom stereocenters. The number of halogens is 4. The maximum atomic E-state index is 14.7. The molecule has 42 heavy (non-hydrogen) atoms. The van der Waals surface area contributed by atoms with Crippen LogP contribution in [0.2, 0.25) is 0 Å². The SMILES string of the molecule is C[C@@H](C/C=C/c1ccc(-n2nnn(Cc3ccc(F)cc3F)c2=O)cc1)[C@](O)(Cn1cncn1)c1ccc(F)cc1F. The highest BCUT2D eigenvalue weighted by atomic mass is 19.1. The Labute approximate surface area is 237 Å². The van der Waals surface area contributed by atoms with E-state index in [1.807, 2.05) is 6.08 Å². The summed E-state index contributed by atoms with van der Waals surface area (Å²) in [6.45, 7) is 1.44. The molecule has 0 aliphatic heterocycles. The van der Waals surface area contributed by atoms with Crippen molar-refractivity contribution in [2.45, 2.75) is 32.0 Å². The van der Waals surface area contributed by atoms with E-state index in [9.17, 15) is 27.5 Å². The Morgan fingerprint density at radius 3 is 2.33 bits per heavy atom. The summed E-state index contributed by atoms with van der Waals surface area (Å²) in [5.74, 6) is -3.64. The van der Waals surface area contributed by atoms with Crippen LogP contribution in [0.3, 0.4) is 0 Å². The fourth-order valence-corrected chi connectivity index (χ4v) is 4.58. The summed E-state index contributed by atoms with van der Waals surface area (Å²) >= 11 is 0. The third kappa shape index (κ3) is 6.05. The minimum absolute atomic E-state index is 0.0506. The van der Waals surface area contributed by atoms with Crippen LogP contribution in [0.1, 0.15) is 30.0 Å².